The van der Waals surface area contributed by atoms with Crippen LogP contribution in [-0.4, -0.2) is 18.2 Å². The minimum absolute atomic E-state index is 0. The SMILES string of the molecule is CC1(OC(=O)COc2ccc([S+](c3ccccc3)c3ccccc3)cc2)CCCC1.[Cl-]. The van der Waals surface area contributed by atoms with Gasteiger partial charge < -0.3 is 21.9 Å². The van der Waals surface area contributed by atoms with Crippen LogP contribution in [0.15, 0.2) is 99.6 Å². The Balaban J connectivity index is 0.00000272. The Kier molecular flexibility index (Phi) is 8.05. The van der Waals surface area contributed by atoms with Crippen LogP contribution in [0.4, 0.5) is 0 Å². The van der Waals surface area contributed by atoms with E-state index in [0.717, 1.165) is 25.7 Å². The first-order chi connectivity index (χ1) is 14.6. The van der Waals surface area contributed by atoms with Crippen molar-refractivity contribution in [3.63, 3.8) is 0 Å². The van der Waals surface area contributed by atoms with Crippen LogP contribution in [0.5, 0.6) is 5.75 Å². The fourth-order valence-electron chi connectivity index (χ4n) is 3.86. The summed E-state index contributed by atoms with van der Waals surface area (Å²) in [6, 6.07) is 29.1. The molecule has 0 spiro atoms. The summed E-state index contributed by atoms with van der Waals surface area (Å²) in [6.45, 7) is 1.96. The van der Waals surface area contributed by atoms with Crippen LogP contribution in [0, 0.1) is 0 Å². The van der Waals surface area contributed by atoms with Crippen LogP contribution in [-0.2, 0) is 20.4 Å². The molecule has 0 N–H and O–H groups in total. The molecule has 1 aliphatic carbocycles. The lowest BCUT2D eigenvalue weighted by Crippen LogP contribution is -3.00. The molecule has 0 amide bonds. The molecule has 0 aromatic heterocycles. The van der Waals surface area contributed by atoms with Crippen molar-refractivity contribution in [2.24, 2.45) is 0 Å². The van der Waals surface area contributed by atoms with E-state index in [1.165, 1.54) is 14.7 Å². The summed E-state index contributed by atoms with van der Waals surface area (Å²) in [7, 11) is -0.192. The summed E-state index contributed by atoms with van der Waals surface area (Å²) < 4.78 is 11.3. The third-order valence-corrected chi connectivity index (χ3v) is 7.63. The Bertz CT molecular complexity index is 915. The molecule has 1 aliphatic rings. The van der Waals surface area contributed by atoms with Crippen LogP contribution in [0.1, 0.15) is 32.6 Å². The molecule has 0 aliphatic heterocycles. The Morgan fingerprint density at radius 2 is 1.29 bits per heavy atom. The number of carbonyl (C=O) groups is 1. The molecule has 0 atom stereocenters. The predicted molar refractivity (Wildman–Crippen MR) is 120 cm³/mol. The largest absolute Gasteiger partial charge is 1.00 e. The molecule has 3 nitrogen and oxygen atoms in total. The van der Waals surface area contributed by atoms with E-state index >= 15 is 0 Å². The maximum absolute atomic E-state index is 12.2. The van der Waals surface area contributed by atoms with Crippen molar-refractivity contribution in [2.75, 3.05) is 6.61 Å². The van der Waals surface area contributed by atoms with E-state index in [0.29, 0.717) is 5.75 Å². The highest BCUT2D eigenvalue weighted by molar-refractivity contribution is 7.97. The van der Waals surface area contributed by atoms with E-state index < -0.39 is 0 Å². The second-order valence-electron chi connectivity index (χ2n) is 7.82. The summed E-state index contributed by atoms with van der Waals surface area (Å²) in [5, 5.41) is 0. The smallest absolute Gasteiger partial charge is 0.344 e. The quantitative estimate of drug-likeness (QED) is 0.406. The monoisotopic (exact) mass is 454 g/mol. The van der Waals surface area contributed by atoms with E-state index in [1.54, 1.807) is 0 Å². The average molecular weight is 455 g/mol. The molecule has 0 heterocycles. The number of esters is 1. The molecule has 0 saturated heterocycles. The molecular formula is C26H27ClO3S. The van der Waals surface area contributed by atoms with Gasteiger partial charge in [-0.2, -0.15) is 0 Å². The van der Waals surface area contributed by atoms with Crippen molar-refractivity contribution in [2.45, 2.75) is 52.9 Å². The molecule has 3 aromatic carbocycles. The zero-order chi connectivity index (χ0) is 20.8. The summed E-state index contributed by atoms with van der Waals surface area (Å²) in [6.07, 6.45) is 4.12. The van der Waals surface area contributed by atoms with Crippen molar-refractivity contribution in [1.29, 1.82) is 0 Å². The number of hydrogen-bond acceptors (Lipinski definition) is 3. The number of halogens is 1. The third kappa shape index (κ3) is 6.05. The Morgan fingerprint density at radius 3 is 1.81 bits per heavy atom. The summed E-state index contributed by atoms with van der Waals surface area (Å²) in [5.74, 6) is 0.383. The minimum Gasteiger partial charge on any atom is -1.00 e. The van der Waals surface area contributed by atoms with E-state index in [-0.39, 0.29) is 41.5 Å². The standard InChI is InChI=1S/C26H27O3S.ClH/c1-26(18-8-9-19-26)29-25(27)20-28-21-14-16-24(17-15-21)30(22-10-4-2-5-11-22)23-12-6-3-7-13-23;/h2-7,10-17H,8-9,18-20H2,1H3;1H/q+1;/p-1. The zero-order valence-corrected chi connectivity index (χ0v) is 19.2. The Morgan fingerprint density at radius 1 is 0.806 bits per heavy atom. The summed E-state index contributed by atoms with van der Waals surface area (Å²) >= 11 is 0. The summed E-state index contributed by atoms with van der Waals surface area (Å²) in [4.78, 5) is 15.9. The van der Waals surface area contributed by atoms with Crippen molar-refractivity contribution < 1.29 is 26.7 Å². The number of rotatable bonds is 7. The molecule has 0 unspecified atom stereocenters. The number of carbonyl (C=O) groups excluding carboxylic acids is 1. The van der Waals surface area contributed by atoms with Crippen LogP contribution < -0.4 is 17.1 Å². The second-order valence-corrected chi connectivity index (χ2v) is 9.85. The van der Waals surface area contributed by atoms with Gasteiger partial charge in [0.25, 0.3) is 0 Å². The topological polar surface area (TPSA) is 35.5 Å². The minimum atomic E-state index is -0.315. The van der Waals surface area contributed by atoms with Crippen molar-refractivity contribution in [1.82, 2.24) is 0 Å². The van der Waals surface area contributed by atoms with Gasteiger partial charge in [0.1, 0.15) is 11.4 Å². The molecule has 3 aromatic rings. The Hall–Kier alpha value is -2.43. The molecule has 1 saturated carbocycles. The van der Waals surface area contributed by atoms with E-state index in [2.05, 4.69) is 60.7 Å². The van der Waals surface area contributed by atoms with E-state index in [4.69, 9.17) is 9.47 Å². The third-order valence-electron chi connectivity index (χ3n) is 5.40. The lowest BCUT2D eigenvalue weighted by atomic mass is 10.1. The maximum atomic E-state index is 12.2. The summed E-state index contributed by atoms with van der Waals surface area (Å²) in [5.41, 5.74) is -0.315. The Labute approximate surface area is 193 Å². The first-order valence-corrected chi connectivity index (χ1v) is 11.6. The molecule has 31 heavy (non-hydrogen) atoms. The zero-order valence-electron chi connectivity index (χ0n) is 17.6. The highest BCUT2D eigenvalue weighted by Crippen LogP contribution is 2.33. The van der Waals surface area contributed by atoms with Gasteiger partial charge in [-0.05, 0) is 81.1 Å². The molecular weight excluding hydrogens is 428 g/mol. The molecule has 0 radical (unpaired) electrons. The number of benzene rings is 3. The normalized spacial score (nSPS) is 14.6. The highest BCUT2D eigenvalue weighted by atomic mass is 35.5. The molecule has 4 rings (SSSR count). The molecule has 162 valence electrons. The second kappa shape index (κ2) is 10.7. The average Bonchev–Trinajstić information content (AvgIpc) is 3.21. The van der Waals surface area contributed by atoms with Crippen molar-refractivity contribution >= 4 is 16.9 Å². The van der Waals surface area contributed by atoms with Gasteiger partial charge in [0.05, 0.1) is 10.9 Å². The van der Waals surface area contributed by atoms with Gasteiger partial charge >= 0.3 is 5.97 Å². The van der Waals surface area contributed by atoms with E-state index in [1.807, 2.05) is 31.2 Å². The van der Waals surface area contributed by atoms with Gasteiger partial charge in [-0.15, -0.1) is 0 Å². The number of ether oxygens (including phenoxy) is 2. The van der Waals surface area contributed by atoms with Crippen molar-refractivity contribution in [3.05, 3.63) is 84.9 Å². The van der Waals surface area contributed by atoms with Gasteiger partial charge in [-0.25, -0.2) is 4.79 Å². The van der Waals surface area contributed by atoms with Gasteiger partial charge in [-0.1, -0.05) is 36.4 Å². The molecule has 1 fully saturated rings. The van der Waals surface area contributed by atoms with Gasteiger partial charge in [0.15, 0.2) is 21.3 Å². The first-order valence-electron chi connectivity index (χ1n) is 10.4. The van der Waals surface area contributed by atoms with Gasteiger partial charge in [0, 0.05) is 0 Å². The fourth-order valence-corrected chi connectivity index (χ4v) is 5.95. The lowest BCUT2D eigenvalue weighted by molar-refractivity contribution is -0.159. The molecule has 5 heteroatoms. The highest BCUT2D eigenvalue weighted by Gasteiger charge is 2.32. The van der Waals surface area contributed by atoms with Gasteiger partial charge in [0.2, 0.25) is 0 Å². The van der Waals surface area contributed by atoms with Crippen LogP contribution >= 0.6 is 0 Å². The first kappa shape index (κ1) is 23.2. The van der Waals surface area contributed by atoms with Crippen LogP contribution in [0.25, 0.3) is 0 Å². The predicted octanol–water partition coefficient (Wildman–Crippen LogP) is 3.04. The van der Waals surface area contributed by atoms with Crippen molar-refractivity contribution in [3.8, 4) is 5.75 Å². The van der Waals surface area contributed by atoms with Crippen LogP contribution in [0.2, 0.25) is 0 Å². The lowest BCUT2D eigenvalue weighted by Gasteiger charge is -2.23. The number of hydrogen-bond donors (Lipinski definition) is 0. The van der Waals surface area contributed by atoms with E-state index in [9.17, 15) is 4.79 Å². The molecule has 0 bridgehead atoms. The van der Waals surface area contributed by atoms with Crippen LogP contribution in [0.3, 0.4) is 0 Å². The fraction of sp³-hybridized carbons (Fsp3) is 0.269. The maximum Gasteiger partial charge on any atom is 0.344 e. The van der Waals surface area contributed by atoms with Gasteiger partial charge in [-0.3, -0.25) is 0 Å².